The highest BCUT2D eigenvalue weighted by Crippen LogP contribution is 2.49. The standard InChI is InChI=1S/C50H30O.C34H21Br.C16H10BO3/c1-3-12-34-27-38(19-17-31(34)9-1)48-41-15-7-8-16-42(41)49(39-20-18-32-10-2-4-13-35(32)28-39)45-29-36(21-24-43(45)48)37-22-25-44-47(30-37)51-46-26-23-33-11-5-6-14-40(33)50(44)46;35-28-17-18-31-32(21-28)34(27-16-14-23-8-2-4-10-25(23)20-27)30-12-6-5-11-29(30)33(31)26-15-13-22-7-1-3-9-24(22)19-26;18-17-20-11-6-7-13-15(9-11)19-14-8-5-10-3-1-2-4-12(10)16(13)14/h1-30H;1-21H;1-9,18H. The molecule has 0 bridgehead atoms. The molecule has 20 aromatic carbocycles. The quantitative estimate of drug-likeness (QED) is 0.128. The topological polar surface area (TPSA) is 55.7 Å². The van der Waals surface area contributed by atoms with Crippen LogP contribution in [0.2, 0.25) is 0 Å². The first-order valence-electron chi connectivity index (χ1n) is 35.8. The molecular formula is C100H61BBrO4. The second kappa shape index (κ2) is 26.0. The minimum Gasteiger partial charge on any atom is -0.537 e. The second-order valence-electron chi connectivity index (χ2n) is 27.4. The molecule has 0 aliphatic carbocycles. The normalized spacial score (nSPS) is 11.7. The molecule has 495 valence electrons. The van der Waals surface area contributed by atoms with Crippen LogP contribution in [0.4, 0.5) is 0 Å². The molecule has 106 heavy (non-hydrogen) atoms. The van der Waals surface area contributed by atoms with Crippen LogP contribution in [0.5, 0.6) is 5.75 Å². The number of halogens is 1. The lowest BCUT2D eigenvalue weighted by Crippen LogP contribution is -1.98. The van der Waals surface area contributed by atoms with Crippen molar-refractivity contribution in [3.8, 4) is 61.4 Å². The molecule has 2 aromatic heterocycles. The van der Waals surface area contributed by atoms with Crippen molar-refractivity contribution < 1.29 is 18.5 Å². The van der Waals surface area contributed by atoms with Gasteiger partial charge < -0.3 is 18.5 Å². The molecular weight excluding hydrogens is 1360 g/mol. The molecule has 22 rings (SSSR count). The first kappa shape index (κ1) is 62.7. The summed E-state index contributed by atoms with van der Waals surface area (Å²) in [7, 11) is 0.666. The van der Waals surface area contributed by atoms with Crippen LogP contribution < -0.4 is 4.65 Å². The number of hydrogen-bond acceptors (Lipinski definition) is 4. The molecule has 1 radical (unpaired) electrons. The summed E-state index contributed by atoms with van der Waals surface area (Å²) in [5, 5.41) is 38.1. The number of fused-ring (bicyclic) bond motifs is 18. The van der Waals surface area contributed by atoms with Crippen LogP contribution in [0, 0.1) is 0 Å². The molecule has 6 heteroatoms. The van der Waals surface area contributed by atoms with Gasteiger partial charge in [0, 0.05) is 32.1 Å². The predicted molar refractivity (Wildman–Crippen MR) is 452 cm³/mol. The zero-order valence-corrected chi connectivity index (χ0v) is 58.9. The number of rotatable bonds is 7. The van der Waals surface area contributed by atoms with E-state index < -0.39 is 0 Å². The highest BCUT2D eigenvalue weighted by atomic mass is 79.9. The monoisotopic (exact) mass is 1420 g/mol. The van der Waals surface area contributed by atoms with Crippen molar-refractivity contribution in [3.05, 3.63) is 368 Å². The maximum absolute atomic E-state index is 8.70. The molecule has 2 heterocycles. The van der Waals surface area contributed by atoms with Gasteiger partial charge in [0.1, 0.15) is 28.1 Å². The first-order valence-corrected chi connectivity index (χ1v) is 36.6. The van der Waals surface area contributed by atoms with Crippen molar-refractivity contribution in [1.29, 1.82) is 0 Å². The van der Waals surface area contributed by atoms with Gasteiger partial charge in [-0.2, -0.15) is 0 Å². The van der Waals surface area contributed by atoms with E-state index in [9.17, 15) is 0 Å². The Hall–Kier alpha value is -13.1. The molecule has 22 aromatic rings. The minimum absolute atomic E-state index is 0.545. The van der Waals surface area contributed by atoms with Gasteiger partial charge in [-0.05, 0) is 242 Å². The fourth-order valence-corrected chi connectivity index (χ4v) is 16.9. The van der Waals surface area contributed by atoms with E-state index in [1.54, 1.807) is 6.07 Å². The highest BCUT2D eigenvalue weighted by Gasteiger charge is 2.22. The molecule has 0 spiro atoms. The van der Waals surface area contributed by atoms with E-state index in [1.807, 2.05) is 30.3 Å². The van der Waals surface area contributed by atoms with Crippen LogP contribution in [0.15, 0.2) is 377 Å². The van der Waals surface area contributed by atoms with Crippen molar-refractivity contribution in [1.82, 2.24) is 0 Å². The van der Waals surface area contributed by atoms with Crippen LogP contribution in [-0.4, -0.2) is 12.7 Å². The third-order valence-corrected chi connectivity index (χ3v) is 21.9. The van der Waals surface area contributed by atoms with Crippen LogP contribution in [0.3, 0.4) is 0 Å². The molecule has 0 aliphatic heterocycles. The van der Waals surface area contributed by atoms with E-state index >= 15 is 0 Å². The third-order valence-electron chi connectivity index (χ3n) is 21.4. The van der Waals surface area contributed by atoms with Crippen LogP contribution in [0.25, 0.3) is 207 Å². The summed E-state index contributed by atoms with van der Waals surface area (Å²) in [5.41, 5.74) is 15.8. The van der Waals surface area contributed by atoms with Crippen molar-refractivity contribution >= 4 is 175 Å². The average molecular weight is 1420 g/mol. The van der Waals surface area contributed by atoms with E-state index in [4.69, 9.17) is 18.5 Å². The zero-order valence-electron chi connectivity index (χ0n) is 57.3. The van der Waals surface area contributed by atoms with Gasteiger partial charge in [-0.15, -0.1) is 0 Å². The SMILES string of the molecule is Brc1ccc2c(-c3ccc4ccccc4c3)c3ccccc3c(-c3ccc4ccccc4c3)c2c1.O[B]Oc1ccc2c(c1)oc1ccc3ccccc3c12.c1ccc2cc(-c3c4ccccc4c(-c4ccc5ccccc5c4)c4cc(-c5ccc6c(c5)oc5ccc7ccccc7c56)ccc34)ccc2c1. The van der Waals surface area contributed by atoms with E-state index in [-0.39, 0.29) is 0 Å². The lowest BCUT2D eigenvalue weighted by atomic mass is 9.84. The smallest absolute Gasteiger partial charge is 0.537 e. The summed E-state index contributed by atoms with van der Waals surface area (Å²) in [4.78, 5) is 0. The fraction of sp³-hybridized carbons (Fsp3) is 0. The fourth-order valence-electron chi connectivity index (χ4n) is 16.5. The summed E-state index contributed by atoms with van der Waals surface area (Å²) in [6.07, 6.45) is 0. The van der Waals surface area contributed by atoms with E-state index in [1.165, 1.54) is 158 Å². The molecule has 0 unspecified atom stereocenters. The Morgan fingerprint density at radius 1 is 0.217 bits per heavy atom. The molecule has 0 saturated heterocycles. The highest BCUT2D eigenvalue weighted by molar-refractivity contribution is 9.10. The molecule has 1 N–H and O–H groups in total. The first-order chi connectivity index (χ1) is 52.4. The zero-order chi connectivity index (χ0) is 70.3. The van der Waals surface area contributed by atoms with E-state index in [0.717, 1.165) is 54.1 Å². The largest absolute Gasteiger partial charge is 0.569 e. The Morgan fingerprint density at radius 3 is 0.943 bits per heavy atom. The minimum atomic E-state index is 0.545. The van der Waals surface area contributed by atoms with Crippen LogP contribution in [0.1, 0.15) is 0 Å². The average Bonchev–Trinajstić information content (AvgIpc) is 1.04. The summed E-state index contributed by atoms with van der Waals surface area (Å²) in [6.45, 7) is 0. The summed E-state index contributed by atoms with van der Waals surface area (Å²) in [5.74, 6) is 0.545. The van der Waals surface area contributed by atoms with E-state index in [2.05, 4.69) is 344 Å². The number of benzene rings is 20. The summed E-state index contributed by atoms with van der Waals surface area (Å²) >= 11 is 3.76. The second-order valence-corrected chi connectivity index (χ2v) is 28.3. The van der Waals surface area contributed by atoms with Gasteiger partial charge in [0.2, 0.25) is 0 Å². The Bertz CT molecular complexity index is 7330. The molecule has 0 fully saturated rings. The van der Waals surface area contributed by atoms with Gasteiger partial charge in [0.25, 0.3) is 0 Å². The van der Waals surface area contributed by atoms with Crippen LogP contribution >= 0.6 is 15.9 Å². The Labute approximate surface area is 619 Å². The third kappa shape index (κ3) is 10.9. The van der Waals surface area contributed by atoms with Gasteiger partial charge in [-0.1, -0.05) is 295 Å². The van der Waals surface area contributed by atoms with Gasteiger partial charge in [-0.25, -0.2) is 0 Å². The van der Waals surface area contributed by atoms with E-state index in [0.29, 0.717) is 13.4 Å². The van der Waals surface area contributed by atoms with Crippen molar-refractivity contribution in [2.75, 3.05) is 0 Å². The molecule has 0 amide bonds. The molecule has 0 saturated carbocycles. The molecule has 0 aliphatic rings. The van der Waals surface area contributed by atoms with Gasteiger partial charge in [0.05, 0.1) is 0 Å². The lowest BCUT2D eigenvalue weighted by molar-refractivity contribution is 0.453. The molecule has 4 nitrogen and oxygen atoms in total. The van der Waals surface area contributed by atoms with Crippen LogP contribution in [-0.2, 0) is 0 Å². The Balaban J connectivity index is 0.000000116. The molecule has 0 atom stereocenters. The Morgan fingerprint density at radius 2 is 0.519 bits per heavy atom. The maximum atomic E-state index is 8.70. The summed E-state index contributed by atoms with van der Waals surface area (Å²) < 4.78 is 18.4. The number of hydrogen-bond donors (Lipinski definition) is 1. The van der Waals surface area contributed by atoms with Crippen molar-refractivity contribution in [2.24, 2.45) is 0 Å². The lowest BCUT2D eigenvalue weighted by Gasteiger charge is -2.19. The predicted octanol–water partition coefficient (Wildman–Crippen LogP) is 28.4. The van der Waals surface area contributed by atoms with Crippen molar-refractivity contribution in [2.45, 2.75) is 0 Å². The summed E-state index contributed by atoms with van der Waals surface area (Å²) in [6, 6.07) is 131. The maximum Gasteiger partial charge on any atom is 0.569 e. The Kier molecular flexibility index (Phi) is 15.4. The van der Waals surface area contributed by atoms with Gasteiger partial charge >= 0.3 is 7.69 Å². The van der Waals surface area contributed by atoms with Crippen molar-refractivity contribution in [3.63, 3.8) is 0 Å². The van der Waals surface area contributed by atoms with Gasteiger partial charge in [-0.3, -0.25) is 0 Å². The van der Waals surface area contributed by atoms with Gasteiger partial charge in [0.15, 0.2) is 0 Å². The number of furan rings is 2.